The highest BCUT2D eigenvalue weighted by atomic mass is 16.2. The first-order valence-electron chi connectivity index (χ1n) is 12.3. The maximum Gasteiger partial charge on any atom is 0.226 e. The van der Waals surface area contributed by atoms with Crippen LogP contribution in [0.3, 0.4) is 0 Å². The van der Waals surface area contributed by atoms with Gasteiger partial charge in [-0.15, -0.1) is 0 Å². The summed E-state index contributed by atoms with van der Waals surface area (Å²) in [5.41, 5.74) is 0.0342. The van der Waals surface area contributed by atoms with Gasteiger partial charge in [0.2, 0.25) is 5.91 Å². The summed E-state index contributed by atoms with van der Waals surface area (Å²) in [6, 6.07) is 2.82. The van der Waals surface area contributed by atoms with Crippen LogP contribution in [0.15, 0.2) is 0 Å². The first kappa shape index (κ1) is 17.3. The van der Waals surface area contributed by atoms with Gasteiger partial charge in [-0.25, -0.2) is 0 Å². The molecule has 7 fully saturated rings. The zero-order valence-electron chi connectivity index (χ0n) is 17.0. The van der Waals surface area contributed by atoms with Gasteiger partial charge in [-0.05, 0) is 94.8 Å². The summed E-state index contributed by atoms with van der Waals surface area (Å²) in [6.45, 7) is 0. The predicted molar refractivity (Wildman–Crippen MR) is 107 cm³/mol. The van der Waals surface area contributed by atoms with E-state index in [1.807, 2.05) is 0 Å². The Labute approximate surface area is 165 Å². The van der Waals surface area contributed by atoms with Crippen molar-refractivity contribution in [3.05, 3.63) is 0 Å². The van der Waals surface area contributed by atoms with E-state index in [9.17, 15) is 4.79 Å². The van der Waals surface area contributed by atoms with Gasteiger partial charge in [0, 0.05) is 29.6 Å². The molecule has 5 aliphatic carbocycles. The summed E-state index contributed by atoms with van der Waals surface area (Å²) in [7, 11) is 0. The molecule has 150 valence electrons. The largest absolute Gasteiger partial charge is 0.353 e. The molecule has 27 heavy (non-hydrogen) atoms. The molecule has 2 unspecified atom stereocenters. The van der Waals surface area contributed by atoms with Crippen LogP contribution in [0.5, 0.6) is 0 Å². The summed E-state index contributed by atoms with van der Waals surface area (Å²) in [5, 5.41) is 3.65. The van der Waals surface area contributed by atoms with Gasteiger partial charge in [0.15, 0.2) is 0 Å². The van der Waals surface area contributed by atoms with Gasteiger partial charge in [0.25, 0.3) is 0 Å². The average Bonchev–Trinajstić information content (AvgIpc) is 3.14. The third kappa shape index (κ3) is 2.90. The zero-order valence-corrected chi connectivity index (χ0v) is 17.0. The lowest BCUT2D eigenvalue weighted by molar-refractivity contribution is -0.148. The third-order valence-corrected chi connectivity index (χ3v) is 9.63. The molecule has 1 amide bonds. The molecule has 0 aromatic rings. The van der Waals surface area contributed by atoms with Crippen molar-refractivity contribution >= 4 is 5.91 Å². The number of rotatable bonds is 3. The molecular formula is C24H38N2O. The molecule has 0 aromatic heterocycles. The van der Waals surface area contributed by atoms with Gasteiger partial charge in [-0.3, -0.25) is 9.69 Å². The van der Waals surface area contributed by atoms with Gasteiger partial charge in [-0.1, -0.05) is 19.3 Å². The minimum Gasteiger partial charge on any atom is -0.353 e. The number of nitrogens with one attached hydrogen (secondary N) is 1. The smallest absolute Gasteiger partial charge is 0.226 e. The second-order valence-electron chi connectivity index (χ2n) is 11.5. The lowest BCUT2D eigenvalue weighted by atomic mass is 9.49. The van der Waals surface area contributed by atoms with Crippen LogP contribution in [0.2, 0.25) is 0 Å². The molecule has 5 saturated carbocycles. The standard InChI is InChI=1S/C24H38N2O/c27-23(24-13-16-8-17(14-24)10-18(9-16)15-24)25-19-11-21-6-3-7-22(12-19)26(21)20-4-1-2-5-20/h16-22H,1-15H2,(H,25,27). The van der Waals surface area contributed by atoms with E-state index >= 15 is 0 Å². The van der Waals surface area contributed by atoms with E-state index in [-0.39, 0.29) is 5.41 Å². The summed E-state index contributed by atoms with van der Waals surface area (Å²) in [5.74, 6) is 3.07. The Bertz CT molecular complexity index is 546. The minimum absolute atomic E-state index is 0.0342. The molecular weight excluding hydrogens is 332 g/mol. The number of fused-ring (bicyclic) bond motifs is 2. The van der Waals surface area contributed by atoms with E-state index in [1.165, 1.54) is 96.3 Å². The number of piperidine rings is 2. The van der Waals surface area contributed by atoms with Crippen LogP contribution in [0, 0.1) is 23.2 Å². The Morgan fingerprint density at radius 1 is 0.704 bits per heavy atom. The monoisotopic (exact) mass is 370 g/mol. The predicted octanol–water partition coefficient (Wildman–Crippen LogP) is 4.65. The van der Waals surface area contributed by atoms with E-state index in [1.54, 1.807) is 0 Å². The fourth-order valence-electron chi connectivity index (χ4n) is 9.06. The van der Waals surface area contributed by atoms with Crippen molar-refractivity contribution in [3.8, 4) is 0 Å². The normalized spacial score (nSPS) is 49.5. The molecule has 2 saturated heterocycles. The van der Waals surface area contributed by atoms with E-state index in [0.717, 1.165) is 35.9 Å². The van der Waals surface area contributed by atoms with Crippen molar-refractivity contribution in [3.63, 3.8) is 0 Å². The Morgan fingerprint density at radius 3 is 1.78 bits per heavy atom. The molecule has 3 nitrogen and oxygen atoms in total. The van der Waals surface area contributed by atoms with Gasteiger partial charge >= 0.3 is 0 Å². The number of hydrogen-bond donors (Lipinski definition) is 1. The molecule has 1 N–H and O–H groups in total. The number of hydrogen-bond acceptors (Lipinski definition) is 2. The molecule has 0 spiro atoms. The van der Waals surface area contributed by atoms with E-state index < -0.39 is 0 Å². The van der Waals surface area contributed by atoms with Crippen LogP contribution >= 0.6 is 0 Å². The van der Waals surface area contributed by atoms with Crippen molar-refractivity contribution in [1.82, 2.24) is 10.2 Å². The first-order chi connectivity index (χ1) is 13.2. The van der Waals surface area contributed by atoms with Crippen LogP contribution in [-0.2, 0) is 4.79 Å². The summed E-state index contributed by atoms with van der Waals surface area (Å²) in [6.07, 6.45) is 20.2. The lowest BCUT2D eigenvalue weighted by Gasteiger charge is -2.56. The molecule has 0 radical (unpaired) electrons. The van der Waals surface area contributed by atoms with E-state index in [2.05, 4.69) is 10.2 Å². The first-order valence-corrected chi connectivity index (χ1v) is 12.3. The van der Waals surface area contributed by atoms with Crippen molar-refractivity contribution < 1.29 is 4.79 Å². The fourth-order valence-corrected chi connectivity index (χ4v) is 9.06. The third-order valence-electron chi connectivity index (χ3n) is 9.63. The number of amides is 1. The fraction of sp³-hybridized carbons (Fsp3) is 0.958. The molecule has 0 aromatic carbocycles. The highest BCUT2D eigenvalue weighted by molar-refractivity contribution is 5.83. The molecule has 6 bridgehead atoms. The van der Waals surface area contributed by atoms with Crippen LogP contribution in [0.1, 0.15) is 96.3 Å². The molecule has 7 aliphatic rings. The molecule has 2 aliphatic heterocycles. The maximum absolute atomic E-state index is 13.5. The van der Waals surface area contributed by atoms with Gasteiger partial charge < -0.3 is 5.32 Å². The SMILES string of the molecule is O=C(NC1CC2CCCC(C1)N2C1CCCC1)C12CC3CC(CC(C3)C1)C2. The number of carbonyl (C=O) groups is 1. The highest BCUT2D eigenvalue weighted by Crippen LogP contribution is 2.60. The van der Waals surface area contributed by atoms with Crippen molar-refractivity contribution in [2.75, 3.05) is 0 Å². The van der Waals surface area contributed by atoms with Crippen LogP contribution in [-0.4, -0.2) is 35.0 Å². The van der Waals surface area contributed by atoms with Crippen molar-refractivity contribution in [1.29, 1.82) is 0 Å². The Balaban J connectivity index is 1.15. The lowest BCUT2D eigenvalue weighted by Crippen LogP contribution is -2.61. The second-order valence-corrected chi connectivity index (χ2v) is 11.5. The van der Waals surface area contributed by atoms with Crippen LogP contribution < -0.4 is 5.32 Å². The van der Waals surface area contributed by atoms with Crippen molar-refractivity contribution in [2.24, 2.45) is 23.2 Å². The highest BCUT2D eigenvalue weighted by Gasteiger charge is 2.55. The van der Waals surface area contributed by atoms with Gasteiger partial charge in [0.05, 0.1) is 0 Å². The maximum atomic E-state index is 13.5. The van der Waals surface area contributed by atoms with Crippen molar-refractivity contribution in [2.45, 2.75) is 120 Å². The molecule has 2 heterocycles. The Hall–Kier alpha value is -0.570. The minimum atomic E-state index is 0.0342. The van der Waals surface area contributed by atoms with Crippen LogP contribution in [0.4, 0.5) is 0 Å². The van der Waals surface area contributed by atoms with Gasteiger partial charge in [-0.2, -0.15) is 0 Å². The topological polar surface area (TPSA) is 32.3 Å². The number of nitrogens with zero attached hydrogens (tertiary/aromatic N) is 1. The summed E-state index contributed by atoms with van der Waals surface area (Å²) < 4.78 is 0. The summed E-state index contributed by atoms with van der Waals surface area (Å²) >= 11 is 0. The quantitative estimate of drug-likeness (QED) is 0.784. The molecule has 3 heteroatoms. The van der Waals surface area contributed by atoms with E-state index in [0.29, 0.717) is 11.9 Å². The average molecular weight is 371 g/mol. The number of carbonyl (C=O) groups excluding carboxylic acids is 1. The molecule has 2 atom stereocenters. The van der Waals surface area contributed by atoms with E-state index in [4.69, 9.17) is 0 Å². The Kier molecular flexibility index (Phi) is 4.15. The second kappa shape index (κ2) is 6.47. The van der Waals surface area contributed by atoms with Crippen LogP contribution in [0.25, 0.3) is 0 Å². The summed E-state index contributed by atoms with van der Waals surface area (Å²) in [4.78, 5) is 16.4. The molecule has 7 rings (SSSR count). The van der Waals surface area contributed by atoms with Gasteiger partial charge in [0.1, 0.15) is 0 Å². The Morgan fingerprint density at radius 2 is 1.22 bits per heavy atom. The zero-order chi connectivity index (χ0) is 18.0.